The highest BCUT2D eigenvalue weighted by Crippen LogP contribution is 2.24. The molecule has 25 heavy (non-hydrogen) atoms. The fourth-order valence-electron chi connectivity index (χ4n) is 3.28. The van der Waals surface area contributed by atoms with Gasteiger partial charge in [0, 0.05) is 18.8 Å². The van der Waals surface area contributed by atoms with Crippen molar-refractivity contribution in [2.24, 2.45) is 11.8 Å². The number of rotatable bonds is 3. The summed E-state index contributed by atoms with van der Waals surface area (Å²) in [6.07, 6.45) is 0.616. The standard InChI is InChI=1S/C20H22N2O3/c1-14-11-17(19(23)24)13-22(12-14)20(25)21-18-9-7-16(8-10-18)15-5-3-2-4-6-15/h2-10,14,17H,11-13H2,1H3,(H,21,25)(H,23,24). The molecule has 0 spiro atoms. The first-order valence-corrected chi connectivity index (χ1v) is 8.47. The second kappa shape index (κ2) is 7.38. The predicted molar refractivity (Wildman–Crippen MR) is 97.4 cm³/mol. The molecule has 0 radical (unpaired) electrons. The first kappa shape index (κ1) is 17.0. The van der Waals surface area contributed by atoms with E-state index >= 15 is 0 Å². The van der Waals surface area contributed by atoms with Gasteiger partial charge in [-0.15, -0.1) is 0 Å². The minimum atomic E-state index is -0.837. The summed E-state index contributed by atoms with van der Waals surface area (Å²) in [4.78, 5) is 25.3. The first-order chi connectivity index (χ1) is 12.0. The lowest BCUT2D eigenvalue weighted by atomic mass is 9.91. The van der Waals surface area contributed by atoms with Crippen molar-refractivity contribution in [3.63, 3.8) is 0 Å². The lowest BCUT2D eigenvalue weighted by molar-refractivity contribution is -0.143. The molecule has 3 rings (SSSR count). The van der Waals surface area contributed by atoms with E-state index in [-0.39, 0.29) is 18.5 Å². The number of urea groups is 1. The number of carbonyl (C=O) groups is 2. The van der Waals surface area contributed by atoms with Gasteiger partial charge in [-0.1, -0.05) is 49.4 Å². The number of amides is 2. The van der Waals surface area contributed by atoms with Crippen molar-refractivity contribution in [2.45, 2.75) is 13.3 Å². The molecule has 1 aliphatic heterocycles. The Hall–Kier alpha value is -2.82. The molecule has 2 aromatic rings. The van der Waals surface area contributed by atoms with Gasteiger partial charge in [0.1, 0.15) is 0 Å². The molecule has 0 aliphatic carbocycles. The molecule has 1 aliphatic rings. The molecule has 2 aromatic carbocycles. The van der Waals surface area contributed by atoms with Gasteiger partial charge in [0.25, 0.3) is 0 Å². The molecule has 5 nitrogen and oxygen atoms in total. The van der Waals surface area contributed by atoms with E-state index in [1.807, 2.05) is 61.5 Å². The average molecular weight is 338 g/mol. The Labute approximate surface area is 147 Å². The first-order valence-electron chi connectivity index (χ1n) is 8.47. The Morgan fingerprint density at radius 1 is 1.00 bits per heavy atom. The van der Waals surface area contributed by atoms with Crippen LogP contribution in [-0.2, 0) is 4.79 Å². The number of benzene rings is 2. The largest absolute Gasteiger partial charge is 0.481 e. The highest BCUT2D eigenvalue weighted by Gasteiger charge is 2.31. The van der Waals surface area contributed by atoms with Crippen LogP contribution in [0.4, 0.5) is 10.5 Å². The third kappa shape index (κ3) is 4.18. The number of carboxylic acids is 1. The van der Waals surface area contributed by atoms with Gasteiger partial charge >= 0.3 is 12.0 Å². The van der Waals surface area contributed by atoms with Gasteiger partial charge in [-0.3, -0.25) is 4.79 Å². The minimum Gasteiger partial charge on any atom is -0.481 e. The molecule has 2 N–H and O–H groups in total. The molecule has 0 bridgehead atoms. The van der Waals surface area contributed by atoms with E-state index in [2.05, 4.69) is 5.32 Å². The zero-order valence-electron chi connectivity index (χ0n) is 14.2. The lowest BCUT2D eigenvalue weighted by Crippen LogP contribution is -2.47. The maximum Gasteiger partial charge on any atom is 0.321 e. The fraction of sp³-hybridized carbons (Fsp3) is 0.300. The van der Waals surface area contributed by atoms with Crippen LogP contribution >= 0.6 is 0 Å². The summed E-state index contributed by atoms with van der Waals surface area (Å²) < 4.78 is 0. The third-order valence-corrected chi connectivity index (χ3v) is 4.54. The van der Waals surface area contributed by atoms with Crippen LogP contribution in [0.5, 0.6) is 0 Å². The van der Waals surface area contributed by atoms with Crippen LogP contribution < -0.4 is 5.32 Å². The molecule has 1 saturated heterocycles. The van der Waals surface area contributed by atoms with Crippen molar-refractivity contribution in [2.75, 3.05) is 18.4 Å². The Kier molecular flexibility index (Phi) is 5.03. The molecule has 1 heterocycles. The second-order valence-electron chi connectivity index (χ2n) is 6.65. The van der Waals surface area contributed by atoms with Crippen LogP contribution in [0.25, 0.3) is 11.1 Å². The van der Waals surface area contributed by atoms with Crippen LogP contribution in [0.3, 0.4) is 0 Å². The molecule has 1 fully saturated rings. The van der Waals surface area contributed by atoms with Crippen LogP contribution in [0.15, 0.2) is 54.6 Å². The summed E-state index contributed by atoms with van der Waals surface area (Å²) in [6, 6.07) is 17.4. The average Bonchev–Trinajstić information content (AvgIpc) is 2.62. The van der Waals surface area contributed by atoms with E-state index in [0.717, 1.165) is 11.1 Å². The Bertz CT molecular complexity index is 743. The van der Waals surface area contributed by atoms with Gasteiger partial charge in [-0.25, -0.2) is 4.79 Å². The molecule has 2 unspecified atom stereocenters. The van der Waals surface area contributed by atoms with Gasteiger partial charge in [0.15, 0.2) is 0 Å². The van der Waals surface area contributed by atoms with Gasteiger partial charge in [-0.2, -0.15) is 0 Å². The molecular weight excluding hydrogens is 316 g/mol. The zero-order valence-corrected chi connectivity index (χ0v) is 14.2. The molecule has 0 saturated carbocycles. The molecule has 0 aromatic heterocycles. The Morgan fingerprint density at radius 3 is 2.28 bits per heavy atom. The maximum atomic E-state index is 12.5. The Morgan fingerprint density at radius 2 is 1.64 bits per heavy atom. The fourth-order valence-corrected chi connectivity index (χ4v) is 3.28. The van der Waals surface area contributed by atoms with Crippen LogP contribution in [0, 0.1) is 11.8 Å². The van der Waals surface area contributed by atoms with Crippen molar-refractivity contribution in [1.82, 2.24) is 4.90 Å². The molecule has 2 amide bonds. The highest BCUT2D eigenvalue weighted by atomic mass is 16.4. The van der Waals surface area contributed by atoms with E-state index < -0.39 is 11.9 Å². The zero-order chi connectivity index (χ0) is 17.8. The third-order valence-electron chi connectivity index (χ3n) is 4.54. The van der Waals surface area contributed by atoms with Crippen molar-refractivity contribution >= 4 is 17.7 Å². The summed E-state index contributed by atoms with van der Waals surface area (Å²) >= 11 is 0. The number of hydrogen-bond acceptors (Lipinski definition) is 2. The number of carboxylic acid groups (broad SMARTS) is 1. The number of carbonyl (C=O) groups excluding carboxylic acids is 1. The lowest BCUT2D eigenvalue weighted by Gasteiger charge is -2.34. The monoisotopic (exact) mass is 338 g/mol. The number of piperidine rings is 1. The summed E-state index contributed by atoms with van der Waals surface area (Å²) in [5.74, 6) is -1.15. The van der Waals surface area contributed by atoms with Crippen LogP contribution in [0.1, 0.15) is 13.3 Å². The van der Waals surface area contributed by atoms with Crippen molar-refractivity contribution < 1.29 is 14.7 Å². The number of nitrogens with one attached hydrogen (secondary N) is 1. The Balaban J connectivity index is 1.65. The number of aliphatic carboxylic acids is 1. The highest BCUT2D eigenvalue weighted by molar-refractivity contribution is 5.90. The normalized spacial score (nSPS) is 20.1. The van der Waals surface area contributed by atoms with Gasteiger partial charge in [0.2, 0.25) is 0 Å². The molecule has 130 valence electrons. The molecule has 2 atom stereocenters. The van der Waals surface area contributed by atoms with Crippen LogP contribution in [0.2, 0.25) is 0 Å². The second-order valence-corrected chi connectivity index (χ2v) is 6.65. The predicted octanol–water partition coefficient (Wildman–Crippen LogP) is 3.93. The summed E-state index contributed by atoms with van der Waals surface area (Å²) in [5, 5.41) is 12.1. The summed E-state index contributed by atoms with van der Waals surface area (Å²) in [5.41, 5.74) is 2.90. The minimum absolute atomic E-state index is 0.182. The van der Waals surface area contributed by atoms with Crippen molar-refractivity contribution in [3.8, 4) is 11.1 Å². The van der Waals surface area contributed by atoms with E-state index in [9.17, 15) is 14.7 Å². The number of hydrogen-bond donors (Lipinski definition) is 2. The van der Waals surface area contributed by atoms with E-state index in [1.165, 1.54) is 0 Å². The number of nitrogens with zero attached hydrogens (tertiary/aromatic N) is 1. The van der Waals surface area contributed by atoms with Gasteiger partial charge < -0.3 is 15.3 Å². The topological polar surface area (TPSA) is 69.6 Å². The van der Waals surface area contributed by atoms with Gasteiger partial charge in [0.05, 0.1) is 5.92 Å². The van der Waals surface area contributed by atoms with E-state index in [4.69, 9.17) is 0 Å². The van der Waals surface area contributed by atoms with Gasteiger partial charge in [-0.05, 0) is 35.6 Å². The quantitative estimate of drug-likeness (QED) is 0.891. The summed E-state index contributed by atoms with van der Waals surface area (Å²) in [7, 11) is 0. The van der Waals surface area contributed by atoms with Crippen molar-refractivity contribution in [3.05, 3.63) is 54.6 Å². The smallest absolute Gasteiger partial charge is 0.321 e. The van der Waals surface area contributed by atoms with Crippen molar-refractivity contribution in [1.29, 1.82) is 0 Å². The SMILES string of the molecule is CC1CC(C(=O)O)CN(C(=O)Nc2ccc(-c3ccccc3)cc2)C1. The number of anilines is 1. The molecule has 5 heteroatoms. The summed E-state index contributed by atoms with van der Waals surface area (Å²) in [6.45, 7) is 2.81. The van der Waals surface area contributed by atoms with E-state index in [1.54, 1.807) is 4.90 Å². The maximum absolute atomic E-state index is 12.5. The van der Waals surface area contributed by atoms with Crippen LogP contribution in [-0.4, -0.2) is 35.1 Å². The molecular formula is C20H22N2O3. The van der Waals surface area contributed by atoms with E-state index in [0.29, 0.717) is 18.7 Å². The number of likely N-dealkylation sites (tertiary alicyclic amines) is 1.